The molecule has 0 aliphatic rings. The van der Waals surface area contributed by atoms with Crippen LogP contribution in [-0.2, 0) is 0 Å². The van der Waals surface area contributed by atoms with Gasteiger partial charge in [-0.1, -0.05) is 23.8 Å². The Morgan fingerprint density at radius 3 is 3.00 bits per heavy atom. The molecule has 13 heavy (non-hydrogen) atoms. The zero-order valence-corrected chi connectivity index (χ0v) is 8.84. The molecule has 0 bridgehead atoms. The normalized spacial score (nSPS) is 10.2. The fraction of sp³-hybridized carbons (Fsp3) is 0. The number of thiophene rings is 1. The van der Waals surface area contributed by atoms with Crippen LogP contribution < -0.4 is 0 Å². The summed E-state index contributed by atoms with van der Waals surface area (Å²) in [7, 11) is 0. The smallest absolute Gasteiger partial charge is 0.129 e. The Morgan fingerprint density at radius 1 is 1.54 bits per heavy atom. The molecule has 0 fully saturated rings. The lowest BCUT2D eigenvalue weighted by Crippen LogP contribution is -1.84. The Morgan fingerprint density at radius 2 is 2.38 bits per heavy atom. The van der Waals surface area contributed by atoms with Gasteiger partial charge in [0.15, 0.2) is 0 Å². The lowest BCUT2D eigenvalue weighted by atomic mass is 10.2. The van der Waals surface area contributed by atoms with Gasteiger partial charge < -0.3 is 4.98 Å². The number of halogens is 1. The van der Waals surface area contributed by atoms with Crippen LogP contribution in [0.2, 0.25) is 4.34 Å². The number of hydrogen-bond donors (Lipinski definition) is 1. The lowest BCUT2D eigenvalue weighted by Gasteiger charge is -1.96. The minimum atomic E-state index is 0.614. The molecule has 2 nitrogen and oxygen atoms in total. The fourth-order valence-corrected chi connectivity index (χ4v) is 2.16. The van der Waals surface area contributed by atoms with E-state index in [0.717, 1.165) is 15.6 Å². The topological polar surface area (TPSA) is 28.7 Å². The van der Waals surface area contributed by atoms with Gasteiger partial charge in [0.1, 0.15) is 14.7 Å². The van der Waals surface area contributed by atoms with Crippen molar-refractivity contribution >= 4 is 35.2 Å². The van der Waals surface area contributed by atoms with Crippen LogP contribution >= 0.6 is 35.2 Å². The molecule has 0 radical (unpaired) electrons. The van der Waals surface area contributed by atoms with Crippen molar-refractivity contribution in [3.63, 3.8) is 0 Å². The van der Waals surface area contributed by atoms with Crippen molar-refractivity contribution in [2.75, 3.05) is 0 Å². The van der Waals surface area contributed by atoms with Crippen LogP contribution in [0.25, 0.3) is 11.3 Å². The van der Waals surface area contributed by atoms with E-state index in [1.807, 2.05) is 11.4 Å². The third-order valence-electron chi connectivity index (χ3n) is 1.58. The van der Waals surface area contributed by atoms with Gasteiger partial charge in [-0.3, -0.25) is 4.98 Å². The first kappa shape index (κ1) is 8.87. The number of aromatic nitrogens is 2. The van der Waals surface area contributed by atoms with Gasteiger partial charge in [0.2, 0.25) is 0 Å². The maximum absolute atomic E-state index is 5.96. The van der Waals surface area contributed by atoms with Gasteiger partial charge in [0.05, 0.1) is 0 Å². The van der Waals surface area contributed by atoms with Gasteiger partial charge in [-0.05, 0) is 11.4 Å². The second kappa shape index (κ2) is 3.57. The summed E-state index contributed by atoms with van der Waals surface area (Å²) in [5, 5.41) is 1.92. The minimum Gasteiger partial charge on any atom is -0.350 e. The maximum Gasteiger partial charge on any atom is 0.129 e. The summed E-state index contributed by atoms with van der Waals surface area (Å²) in [4.78, 5) is 7.08. The maximum atomic E-state index is 5.96. The summed E-state index contributed by atoms with van der Waals surface area (Å²) in [5.74, 6) is 0. The number of rotatable bonds is 1. The van der Waals surface area contributed by atoms with E-state index in [4.69, 9.17) is 23.8 Å². The van der Waals surface area contributed by atoms with Crippen LogP contribution in [0.5, 0.6) is 0 Å². The van der Waals surface area contributed by atoms with Crippen LogP contribution in [0.4, 0.5) is 0 Å². The zero-order valence-electron chi connectivity index (χ0n) is 6.45. The molecule has 0 spiro atoms. The second-order valence-electron chi connectivity index (χ2n) is 2.37. The van der Waals surface area contributed by atoms with E-state index >= 15 is 0 Å². The van der Waals surface area contributed by atoms with Gasteiger partial charge in [0.25, 0.3) is 0 Å². The van der Waals surface area contributed by atoms with E-state index in [9.17, 15) is 0 Å². The van der Waals surface area contributed by atoms with Crippen molar-refractivity contribution in [2.24, 2.45) is 0 Å². The number of nitrogens with zero attached hydrogens (tertiary/aromatic N) is 1. The Balaban J connectivity index is 2.66. The zero-order chi connectivity index (χ0) is 9.26. The SMILES string of the molecule is S=c1[nH]ccnc1-c1ccsc1Cl. The molecule has 0 unspecified atom stereocenters. The van der Waals surface area contributed by atoms with Crippen molar-refractivity contribution < 1.29 is 0 Å². The molecule has 0 aliphatic heterocycles. The third kappa shape index (κ3) is 1.65. The van der Waals surface area contributed by atoms with Gasteiger partial charge in [-0.25, -0.2) is 0 Å². The molecule has 66 valence electrons. The van der Waals surface area contributed by atoms with Crippen molar-refractivity contribution in [1.29, 1.82) is 0 Å². The first-order valence-electron chi connectivity index (χ1n) is 3.56. The van der Waals surface area contributed by atoms with E-state index in [-0.39, 0.29) is 0 Å². The summed E-state index contributed by atoms with van der Waals surface area (Å²) >= 11 is 12.5. The molecule has 0 amide bonds. The standard InChI is InChI=1S/C8H5ClN2S2/c9-7-5(1-4-13-7)6-8(12)11-3-2-10-6/h1-4H,(H,11,12). The van der Waals surface area contributed by atoms with Crippen LogP contribution in [0.15, 0.2) is 23.8 Å². The summed E-state index contributed by atoms with van der Waals surface area (Å²) < 4.78 is 1.33. The highest BCUT2D eigenvalue weighted by Gasteiger charge is 2.06. The van der Waals surface area contributed by atoms with Crippen molar-refractivity contribution in [3.05, 3.63) is 32.8 Å². The Hall–Kier alpha value is -0.710. The van der Waals surface area contributed by atoms with Crippen molar-refractivity contribution in [2.45, 2.75) is 0 Å². The molecule has 0 atom stereocenters. The van der Waals surface area contributed by atoms with Crippen LogP contribution in [0.3, 0.4) is 0 Å². The molecule has 5 heteroatoms. The van der Waals surface area contributed by atoms with Gasteiger partial charge in [0, 0.05) is 18.0 Å². The summed E-state index contributed by atoms with van der Waals surface area (Å²) in [6.07, 6.45) is 3.37. The molecule has 2 heterocycles. The summed E-state index contributed by atoms with van der Waals surface area (Å²) in [5.41, 5.74) is 1.64. The third-order valence-corrected chi connectivity index (χ3v) is 3.06. The monoisotopic (exact) mass is 228 g/mol. The van der Waals surface area contributed by atoms with Gasteiger partial charge >= 0.3 is 0 Å². The van der Waals surface area contributed by atoms with E-state index in [2.05, 4.69) is 9.97 Å². The average Bonchev–Trinajstić information content (AvgIpc) is 2.52. The first-order chi connectivity index (χ1) is 6.29. The molecule has 0 aromatic carbocycles. The number of hydrogen-bond acceptors (Lipinski definition) is 3. The molecule has 2 aromatic rings. The Labute approximate surface area is 89.2 Å². The quantitative estimate of drug-likeness (QED) is 0.757. The van der Waals surface area contributed by atoms with Gasteiger partial charge in [-0.2, -0.15) is 0 Å². The largest absolute Gasteiger partial charge is 0.350 e. The minimum absolute atomic E-state index is 0.614. The molecular weight excluding hydrogens is 224 g/mol. The average molecular weight is 229 g/mol. The Kier molecular flexibility index (Phi) is 2.44. The van der Waals surface area contributed by atoms with Crippen molar-refractivity contribution in [3.8, 4) is 11.3 Å². The van der Waals surface area contributed by atoms with Crippen LogP contribution in [0, 0.1) is 4.64 Å². The van der Waals surface area contributed by atoms with E-state index in [1.165, 1.54) is 11.3 Å². The van der Waals surface area contributed by atoms with Gasteiger partial charge in [-0.15, -0.1) is 11.3 Å². The highest BCUT2D eigenvalue weighted by atomic mass is 35.5. The summed E-state index contributed by atoms with van der Waals surface area (Å²) in [6, 6.07) is 1.92. The number of nitrogens with one attached hydrogen (secondary N) is 1. The number of H-pyrrole nitrogens is 1. The molecule has 2 aromatic heterocycles. The molecule has 0 aliphatic carbocycles. The molecule has 0 saturated heterocycles. The highest BCUT2D eigenvalue weighted by molar-refractivity contribution is 7.71. The first-order valence-corrected chi connectivity index (χ1v) is 5.22. The molecular formula is C8H5ClN2S2. The number of aromatic amines is 1. The highest BCUT2D eigenvalue weighted by Crippen LogP contribution is 2.31. The van der Waals surface area contributed by atoms with Crippen LogP contribution in [0.1, 0.15) is 0 Å². The predicted octanol–water partition coefficient (Wildman–Crippen LogP) is 3.52. The molecule has 2 rings (SSSR count). The van der Waals surface area contributed by atoms with E-state index in [0.29, 0.717) is 4.64 Å². The Bertz CT molecular complexity index is 475. The lowest BCUT2D eigenvalue weighted by molar-refractivity contribution is 1.19. The summed E-state index contributed by atoms with van der Waals surface area (Å²) in [6.45, 7) is 0. The molecule has 1 N–H and O–H groups in total. The predicted molar refractivity (Wildman–Crippen MR) is 57.7 cm³/mol. The molecule has 0 saturated carbocycles. The van der Waals surface area contributed by atoms with Crippen LogP contribution in [-0.4, -0.2) is 9.97 Å². The fourth-order valence-electron chi connectivity index (χ4n) is 1.01. The van der Waals surface area contributed by atoms with Crippen molar-refractivity contribution in [1.82, 2.24) is 9.97 Å². The second-order valence-corrected chi connectivity index (χ2v) is 4.30. The van der Waals surface area contributed by atoms with E-state index in [1.54, 1.807) is 12.4 Å². The van der Waals surface area contributed by atoms with E-state index < -0.39 is 0 Å².